The Labute approximate surface area is 96.3 Å². The average Bonchev–Trinajstić information content (AvgIpc) is 2.66. The van der Waals surface area contributed by atoms with Crippen LogP contribution in [0.15, 0.2) is 11.4 Å². The molecule has 2 rings (SSSR count). The summed E-state index contributed by atoms with van der Waals surface area (Å²) in [5.74, 6) is 0. The van der Waals surface area contributed by atoms with Crippen LogP contribution in [0.25, 0.3) is 0 Å². The van der Waals surface area contributed by atoms with Crippen molar-refractivity contribution in [2.45, 2.75) is 32.4 Å². The van der Waals surface area contributed by atoms with Crippen LogP contribution in [0.5, 0.6) is 0 Å². The van der Waals surface area contributed by atoms with Crippen molar-refractivity contribution in [3.05, 3.63) is 21.9 Å². The molecule has 1 aliphatic heterocycles. The molecular formula is C12H20N2S. The molecule has 2 heterocycles. The average molecular weight is 224 g/mol. The first-order valence-electron chi connectivity index (χ1n) is 5.71. The zero-order valence-electron chi connectivity index (χ0n) is 9.62. The minimum Gasteiger partial charge on any atom is -0.317 e. The van der Waals surface area contributed by atoms with E-state index in [1.165, 1.54) is 36.4 Å². The molecule has 1 saturated heterocycles. The summed E-state index contributed by atoms with van der Waals surface area (Å²) in [4.78, 5) is 4.04. The summed E-state index contributed by atoms with van der Waals surface area (Å²) in [6.07, 6.45) is 2.59. The Morgan fingerprint density at radius 3 is 2.80 bits per heavy atom. The fraction of sp³-hybridized carbons (Fsp3) is 0.667. The molecule has 0 radical (unpaired) electrons. The highest BCUT2D eigenvalue weighted by Gasteiger charge is 2.18. The number of piperidine rings is 1. The van der Waals surface area contributed by atoms with Crippen LogP contribution in [-0.2, 0) is 6.54 Å². The van der Waals surface area contributed by atoms with E-state index in [4.69, 9.17) is 0 Å². The second-order valence-electron chi connectivity index (χ2n) is 4.42. The molecule has 0 unspecified atom stereocenters. The Hall–Kier alpha value is -0.380. The number of thiophene rings is 1. The summed E-state index contributed by atoms with van der Waals surface area (Å²) in [6.45, 7) is 5.69. The van der Waals surface area contributed by atoms with Gasteiger partial charge in [-0.3, -0.25) is 4.90 Å². The first kappa shape index (κ1) is 11.1. The lowest BCUT2D eigenvalue weighted by Crippen LogP contribution is -2.40. The Bertz CT molecular complexity index is 302. The predicted molar refractivity (Wildman–Crippen MR) is 66.4 cm³/mol. The van der Waals surface area contributed by atoms with Gasteiger partial charge in [0.15, 0.2) is 0 Å². The van der Waals surface area contributed by atoms with Gasteiger partial charge in [-0.1, -0.05) is 0 Å². The topological polar surface area (TPSA) is 15.3 Å². The van der Waals surface area contributed by atoms with E-state index in [1.54, 1.807) is 0 Å². The molecule has 0 amide bonds. The van der Waals surface area contributed by atoms with Gasteiger partial charge < -0.3 is 5.32 Å². The fourth-order valence-electron chi connectivity index (χ4n) is 2.17. The van der Waals surface area contributed by atoms with Crippen LogP contribution in [0.1, 0.15) is 23.3 Å². The van der Waals surface area contributed by atoms with Gasteiger partial charge in [0.25, 0.3) is 0 Å². The first-order chi connectivity index (χ1) is 7.27. The van der Waals surface area contributed by atoms with Gasteiger partial charge in [-0.15, -0.1) is 11.3 Å². The first-order valence-corrected chi connectivity index (χ1v) is 6.59. The van der Waals surface area contributed by atoms with Gasteiger partial charge >= 0.3 is 0 Å². The lowest BCUT2D eigenvalue weighted by Gasteiger charge is -2.31. The highest BCUT2D eigenvalue weighted by atomic mass is 32.1. The zero-order chi connectivity index (χ0) is 10.7. The molecule has 1 aliphatic rings. The molecule has 0 saturated carbocycles. The predicted octanol–water partition coefficient (Wildman–Crippen LogP) is 2.24. The van der Waals surface area contributed by atoms with E-state index in [1.807, 2.05) is 11.3 Å². The number of nitrogens with zero attached hydrogens (tertiary/aromatic N) is 1. The minimum atomic E-state index is 0.771. The molecule has 0 atom stereocenters. The third kappa shape index (κ3) is 2.80. The smallest absolute Gasteiger partial charge is 0.0330 e. The normalized spacial score (nSPS) is 18.6. The summed E-state index contributed by atoms with van der Waals surface area (Å²) in [5, 5.41) is 5.61. The van der Waals surface area contributed by atoms with Crippen LogP contribution in [-0.4, -0.2) is 31.1 Å². The van der Waals surface area contributed by atoms with Gasteiger partial charge in [0.05, 0.1) is 0 Å². The molecule has 0 spiro atoms. The number of rotatable bonds is 3. The molecule has 0 aliphatic carbocycles. The summed E-state index contributed by atoms with van der Waals surface area (Å²) in [5.41, 5.74) is 1.45. The maximum Gasteiger partial charge on any atom is 0.0330 e. The van der Waals surface area contributed by atoms with Crippen LogP contribution in [0.3, 0.4) is 0 Å². The molecule has 0 bridgehead atoms. The number of hydrogen-bond acceptors (Lipinski definition) is 3. The quantitative estimate of drug-likeness (QED) is 0.847. The Balaban J connectivity index is 1.91. The van der Waals surface area contributed by atoms with Crippen molar-refractivity contribution in [2.75, 3.05) is 20.1 Å². The van der Waals surface area contributed by atoms with Crippen molar-refractivity contribution >= 4 is 11.3 Å². The SMILES string of the molecule is Cc1ccsc1CN(C)C1CCNCC1. The number of nitrogens with one attached hydrogen (secondary N) is 1. The minimum absolute atomic E-state index is 0.771. The molecule has 1 aromatic heterocycles. The van der Waals surface area contributed by atoms with Crippen molar-refractivity contribution in [1.82, 2.24) is 10.2 Å². The lowest BCUT2D eigenvalue weighted by atomic mass is 10.1. The third-order valence-corrected chi connectivity index (χ3v) is 4.30. The van der Waals surface area contributed by atoms with E-state index >= 15 is 0 Å². The molecule has 84 valence electrons. The zero-order valence-corrected chi connectivity index (χ0v) is 10.4. The van der Waals surface area contributed by atoms with Gasteiger partial charge in [-0.25, -0.2) is 0 Å². The maximum absolute atomic E-state index is 3.42. The van der Waals surface area contributed by atoms with E-state index < -0.39 is 0 Å². The number of hydrogen-bond donors (Lipinski definition) is 1. The molecule has 1 aromatic rings. The Morgan fingerprint density at radius 2 is 2.20 bits per heavy atom. The van der Waals surface area contributed by atoms with E-state index in [-0.39, 0.29) is 0 Å². The summed E-state index contributed by atoms with van der Waals surface area (Å²) in [7, 11) is 2.26. The summed E-state index contributed by atoms with van der Waals surface area (Å²) in [6, 6.07) is 2.99. The van der Waals surface area contributed by atoms with E-state index in [9.17, 15) is 0 Å². The molecule has 0 aromatic carbocycles. The van der Waals surface area contributed by atoms with Crippen molar-refractivity contribution in [1.29, 1.82) is 0 Å². The third-order valence-electron chi connectivity index (χ3n) is 3.29. The monoisotopic (exact) mass is 224 g/mol. The summed E-state index contributed by atoms with van der Waals surface area (Å²) < 4.78 is 0. The molecule has 15 heavy (non-hydrogen) atoms. The van der Waals surface area contributed by atoms with E-state index in [0.717, 1.165) is 12.6 Å². The second-order valence-corrected chi connectivity index (χ2v) is 5.42. The molecular weight excluding hydrogens is 204 g/mol. The largest absolute Gasteiger partial charge is 0.317 e. The lowest BCUT2D eigenvalue weighted by molar-refractivity contribution is 0.193. The Kier molecular flexibility index (Phi) is 3.78. The van der Waals surface area contributed by atoms with E-state index in [2.05, 4.69) is 35.6 Å². The van der Waals surface area contributed by atoms with Crippen molar-refractivity contribution < 1.29 is 0 Å². The van der Waals surface area contributed by atoms with Gasteiger partial charge in [0.2, 0.25) is 0 Å². The van der Waals surface area contributed by atoms with E-state index in [0.29, 0.717) is 0 Å². The van der Waals surface area contributed by atoms with Gasteiger partial charge in [0, 0.05) is 17.5 Å². The van der Waals surface area contributed by atoms with Gasteiger partial charge in [-0.2, -0.15) is 0 Å². The van der Waals surface area contributed by atoms with Crippen LogP contribution < -0.4 is 5.32 Å². The molecule has 1 N–H and O–H groups in total. The van der Waals surface area contributed by atoms with Crippen LogP contribution in [0, 0.1) is 6.92 Å². The fourth-order valence-corrected chi connectivity index (χ4v) is 3.14. The van der Waals surface area contributed by atoms with Crippen molar-refractivity contribution in [3.63, 3.8) is 0 Å². The number of aryl methyl sites for hydroxylation is 1. The molecule has 1 fully saturated rings. The van der Waals surface area contributed by atoms with Crippen molar-refractivity contribution in [2.24, 2.45) is 0 Å². The molecule has 2 nitrogen and oxygen atoms in total. The Morgan fingerprint density at radius 1 is 1.47 bits per heavy atom. The van der Waals surface area contributed by atoms with Crippen LogP contribution >= 0.6 is 11.3 Å². The second kappa shape index (κ2) is 5.10. The van der Waals surface area contributed by atoms with Crippen LogP contribution in [0.2, 0.25) is 0 Å². The van der Waals surface area contributed by atoms with Crippen LogP contribution in [0.4, 0.5) is 0 Å². The van der Waals surface area contributed by atoms with Gasteiger partial charge in [0.1, 0.15) is 0 Å². The highest BCUT2D eigenvalue weighted by Crippen LogP contribution is 2.20. The summed E-state index contributed by atoms with van der Waals surface area (Å²) >= 11 is 1.88. The highest BCUT2D eigenvalue weighted by molar-refractivity contribution is 7.10. The standard InChI is InChI=1S/C12H20N2S/c1-10-5-8-15-12(10)9-14(2)11-3-6-13-7-4-11/h5,8,11,13H,3-4,6-7,9H2,1-2H3. The van der Waals surface area contributed by atoms with Gasteiger partial charge in [-0.05, 0) is 56.9 Å². The van der Waals surface area contributed by atoms with Crippen molar-refractivity contribution in [3.8, 4) is 0 Å². The maximum atomic E-state index is 3.42. The molecule has 3 heteroatoms.